The Morgan fingerprint density at radius 1 is 1.17 bits per heavy atom. The van der Waals surface area contributed by atoms with Gasteiger partial charge in [0.25, 0.3) is 0 Å². The van der Waals surface area contributed by atoms with Crippen molar-refractivity contribution in [2.24, 2.45) is 0 Å². The topological polar surface area (TPSA) is 0 Å². The van der Waals surface area contributed by atoms with Crippen molar-refractivity contribution in [1.29, 1.82) is 0 Å². The van der Waals surface area contributed by atoms with Gasteiger partial charge in [-0.1, -0.05) is 79.2 Å². The SMILES string of the molecule is C=CC/C=C(\C=C/C)S(Cl)(/C(=C/C=C\C)CC)C(C)C/C=C\C. The Morgan fingerprint density at radius 2 is 1.87 bits per heavy atom. The fraction of sp³-hybridized carbons (Fsp3) is 0.429. The molecule has 0 radical (unpaired) electrons. The molecule has 0 spiro atoms. The number of hydrogen-bond acceptors (Lipinski definition) is 0. The third-order valence-electron chi connectivity index (χ3n) is 3.62. The molecule has 2 unspecified atom stereocenters. The Hall–Kier alpha value is -0.920. The highest BCUT2D eigenvalue weighted by Crippen LogP contribution is 2.71. The first-order valence-corrected chi connectivity index (χ1v) is 10.9. The molecule has 0 aliphatic heterocycles. The summed E-state index contributed by atoms with van der Waals surface area (Å²) in [5.41, 5.74) is 0. The zero-order valence-corrected chi connectivity index (χ0v) is 17.0. The fourth-order valence-electron chi connectivity index (χ4n) is 2.38. The second-order valence-corrected chi connectivity index (χ2v) is 9.76. The summed E-state index contributed by atoms with van der Waals surface area (Å²) in [7, 11) is 5.83. The lowest BCUT2D eigenvalue weighted by Gasteiger charge is -2.42. The molecule has 0 saturated heterocycles. The van der Waals surface area contributed by atoms with Gasteiger partial charge in [0.15, 0.2) is 0 Å². The highest BCUT2D eigenvalue weighted by Gasteiger charge is 2.33. The molecule has 0 saturated carbocycles. The third-order valence-corrected chi connectivity index (χ3v) is 9.14. The summed E-state index contributed by atoms with van der Waals surface area (Å²) in [5, 5.41) is 0.379. The molecule has 0 aromatic rings. The van der Waals surface area contributed by atoms with E-state index in [-0.39, 0.29) is 0 Å². The van der Waals surface area contributed by atoms with Gasteiger partial charge < -0.3 is 0 Å². The predicted molar refractivity (Wildman–Crippen MR) is 113 cm³/mol. The van der Waals surface area contributed by atoms with Crippen LogP contribution in [0.2, 0.25) is 0 Å². The summed E-state index contributed by atoms with van der Waals surface area (Å²) >= 11 is 0. The van der Waals surface area contributed by atoms with Crippen molar-refractivity contribution in [3.05, 3.63) is 71.1 Å². The van der Waals surface area contributed by atoms with Gasteiger partial charge in [-0.3, -0.25) is 0 Å². The van der Waals surface area contributed by atoms with Crippen LogP contribution in [0.5, 0.6) is 0 Å². The minimum Gasteiger partial charge on any atom is -0.110 e. The van der Waals surface area contributed by atoms with Crippen LogP contribution in [0.1, 0.15) is 53.9 Å². The Balaban J connectivity index is 6.16. The van der Waals surface area contributed by atoms with Gasteiger partial charge in [0.1, 0.15) is 0 Å². The maximum Gasteiger partial charge on any atom is 0.00992 e. The zero-order valence-electron chi connectivity index (χ0n) is 15.4. The highest BCUT2D eigenvalue weighted by atomic mass is 35.7. The lowest BCUT2D eigenvalue weighted by Crippen LogP contribution is -2.13. The molecule has 2 heteroatoms. The quantitative estimate of drug-likeness (QED) is 0.274. The Bertz CT molecular complexity index is 494. The maximum atomic E-state index is 7.40. The van der Waals surface area contributed by atoms with E-state index in [2.05, 4.69) is 82.9 Å². The largest absolute Gasteiger partial charge is 0.110 e. The van der Waals surface area contributed by atoms with Gasteiger partial charge in [-0.2, -0.15) is 0 Å². The van der Waals surface area contributed by atoms with Gasteiger partial charge in [0.05, 0.1) is 0 Å². The Kier molecular flexibility index (Phi) is 12.0. The predicted octanol–water partition coefficient (Wildman–Crippen LogP) is 8.21. The van der Waals surface area contributed by atoms with Crippen molar-refractivity contribution in [3.8, 4) is 0 Å². The van der Waals surface area contributed by atoms with Crippen LogP contribution in [0.3, 0.4) is 0 Å². The molecule has 0 amide bonds. The van der Waals surface area contributed by atoms with Crippen molar-refractivity contribution in [2.45, 2.75) is 59.1 Å². The maximum absolute atomic E-state index is 7.40. The summed E-state index contributed by atoms with van der Waals surface area (Å²) in [6, 6.07) is 0. The van der Waals surface area contributed by atoms with E-state index in [0.29, 0.717) is 5.25 Å². The van der Waals surface area contributed by atoms with Crippen LogP contribution in [0.15, 0.2) is 71.1 Å². The summed E-state index contributed by atoms with van der Waals surface area (Å²) < 4.78 is 0. The third kappa shape index (κ3) is 6.61. The van der Waals surface area contributed by atoms with E-state index >= 15 is 0 Å². The lowest BCUT2D eigenvalue weighted by atomic mass is 10.3. The van der Waals surface area contributed by atoms with Gasteiger partial charge in [-0.05, 0) is 44.9 Å². The van der Waals surface area contributed by atoms with Gasteiger partial charge in [0.2, 0.25) is 0 Å². The van der Waals surface area contributed by atoms with E-state index in [1.165, 1.54) is 9.81 Å². The van der Waals surface area contributed by atoms with Crippen molar-refractivity contribution < 1.29 is 0 Å². The molecule has 2 atom stereocenters. The molecule has 0 heterocycles. The normalized spacial score (nSPS) is 19.4. The summed E-state index contributed by atoms with van der Waals surface area (Å²) in [4.78, 5) is 2.58. The van der Waals surface area contributed by atoms with E-state index in [0.717, 1.165) is 19.3 Å². The first kappa shape index (κ1) is 22.1. The van der Waals surface area contributed by atoms with Crippen molar-refractivity contribution in [2.75, 3.05) is 0 Å². The molecule has 0 aromatic carbocycles. The summed E-state index contributed by atoms with van der Waals surface area (Å²) in [6.45, 7) is 14.5. The summed E-state index contributed by atoms with van der Waals surface area (Å²) in [6.07, 6.45) is 21.9. The molecule has 0 bridgehead atoms. The van der Waals surface area contributed by atoms with E-state index in [1.54, 1.807) is 0 Å². The minimum atomic E-state index is -1.57. The second kappa shape index (κ2) is 12.5. The van der Waals surface area contributed by atoms with Crippen molar-refractivity contribution in [1.82, 2.24) is 0 Å². The molecule has 0 fully saturated rings. The van der Waals surface area contributed by atoms with Crippen molar-refractivity contribution in [3.63, 3.8) is 0 Å². The van der Waals surface area contributed by atoms with E-state index < -0.39 is 9.24 Å². The van der Waals surface area contributed by atoms with Crippen LogP contribution >= 0.6 is 19.9 Å². The standard InChI is InChI=1S/C21H33ClS/c1-7-12-16-19(6)23(22,20(11-5)17-13-8-2)21(15-10-4)18-14-9-3/h7-10,12-13,15,17-19H,3,11,14,16H2,1-2,4-6H3/b12-7-,13-8-,15-10-,20-17+,21-18+. The Labute approximate surface area is 150 Å². The second-order valence-electron chi connectivity index (χ2n) is 5.34. The molecule has 0 N–H and O–H groups in total. The molecule has 0 aliphatic rings. The monoisotopic (exact) mass is 352 g/mol. The van der Waals surface area contributed by atoms with Crippen LogP contribution in [0.25, 0.3) is 0 Å². The average Bonchev–Trinajstić information content (AvgIpc) is 2.56. The van der Waals surface area contributed by atoms with Crippen LogP contribution in [-0.4, -0.2) is 5.25 Å². The van der Waals surface area contributed by atoms with Crippen LogP contribution in [0, 0.1) is 0 Å². The number of allylic oxidation sites excluding steroid dienone is 10. The van der Waals surface area contributed by atoms with Crippen molar-refractivity contribution >= 4 is 19.9 Å². The number of rotatable bonds is 10. The smallest absolute Gasteiger partial charge is 0.00992 e. The molecule has 23 heavy (non-hydrogen) atoms. The number of hydrogen-bond donors (Lipinski definition) is 0. The number of halogens is 1. The Morgan fingerprint density at radius 3 is 2.35 bits per heavy atom. The first-order chi connectivity index (χ1) is 11.0. The van der Waals surface area contributed by atoms with Crippen LogP contribution < -0.4 is 0 Å². The molecule has 0 aliphatic carbocycles. The average molecular weight is 353 g/mol. The van der Waals surface area contributed by atoms with Gasteiger partial charge in [-0.15, -0.1) is 15.8 Å². The molecular formula is C21H33ClS. The summed E-state index contributed by atoms with van der Waals surface area (Å²) in [5.74, 6) is 0. The lowest BCUT2D eigenvalue weighted by molar-refractivity contribution is 0.969. The molecule has 0 nitrogen and oxygen atoms in total. The van der Waals surface area contributed by atoms with Gasteiger partial charge in [-0.25, -0.2) is 0 Å². The van der Waals surface area contributed by atoms with E-state index in [4.69, 9.17) is 10.7 Å². The minimum absolute atomic E-state index is 0.379. The van der Waals surface area contributed by atoms with Gasteiger partial charge >= 0.3 is 0 Å². The van der Waals surface area contributed by atoms with E-state index in [9.17, 15) is 0 Å². The molecule has 0 aromatic heterocycles. The molecule has 130 valence electrons. The molecule has 0 rings (SSSR count). The fourth-order valence-corrected chi connectivity index (χ4v) is 6.46. The van der Waals surface area contributed by atoms with E-state index in [1.807, 2.05) is 13.0 Å². The van der Waals surface area contributed by atoms with Crippen LogP contribution in [-0.2, 0) is 0 Å². The van der Waals surface area contributed by atoms with Crippen LogP contribution in [0.4, 0.5) is 0 Å². The zero-order chi connectivity index (χ0) is 17.7. The highest BCUT2D eigenvalue weighted by molar-refractivity contribution is 8.56. The first-order valence-electron chi connectivity index (χ1n) is 8.41. The molecular weight excluding hydrogens is 320 g/mol. The van der Waals surface area contributed by atoms with Gasteiger partial charge in [0, 0.05) is 10.2 Å².